The first-order chi connectivity index (χ1) is 12.2. The Balaban J connectivity index is 2.64. The van der Waals surface area contributed by atoms with Gasteiger partial charge < -0.3 is 15.4 Å². The lowest BCUT2D eigenvalue weighted by atomic mass is 10.1. The van der Waals surface area contributed by atoms with E-state index >= 15 is 0 Å². The number of guanidine groups is 1. The average molecular weight is 381 g/mol. The highest BCUT2D eigenvalue weighted by molar-refractivity contribution is 5.79. The van der Waals surface area contributed by atoms with Crippen molar-refractivity contribution in [1.82, 2.24) is 10.6 Å². The molecule has 0 unspecified atom stereocenters. The number of halogens is 5. The fourth-order valence-electron chi connectivity index (χ4n) is 2.21. The molecule has 1 aromatic rings. The Bertz CT molecular complexity index is 576. The molecule has 9 heteroatoms. The van der Waals surface area contributed by atoms with E-state index in [0.29, 0.717) is 31.0 Å². The van der Waals surface area contributed by atoms with E-state index in [0.717, 1.165) is 5.56 Å². The Labute approximate surface area is 149 Å². The van der Waals surface area contributed by atoms with Crippen molar-refractivity contribution in [3.05, 3.63) is 29.3 Å². The maximum absolute atomic E-state index is 12.5. The highest BCUT2D eigenvalue weighted by Crippen LogP contribution is 2.23. The lowest BCUT2D eigenvalue weighted by Gasteiger charge is -2.13. The van der Waals surface area contributed by atoms with Crippen LogP contribution in [-0.4, -0.2) is 31.8 Å². The minimum Gasteiger partial charge on any atom is -0.434 e. The van der Waals surface area contributed by atoms with Gasteiger partial charge in [0.05, 0.1) is 6.54 Å². The molecule has 1 rings (SSSR count). The van der Waals surface area contributed by atoms with Crippen molar-refractivity contribution in [3.8, 4) is 5.75 Å². The molecule has 0 amide bonds. The first-order valence-corrected chi connectivity index (χ1v) is 8.34. The van der Waals surface area contributed by atoms with Crippen LogP contribution in [0.25, 0.3) is 0 Å². The van der Waals surface area contributed by atoms with Gasteiger partial charge in [0.15, 0.2) is 5.96 Å². The second-order valence-corrected chi connectivity index (χ2v) is 5.68. The minimum absolute atomic E-state index is 0.0279. The molecule has 0 aliphatic rings. The summed E-state index contributed by atoms with van der Waals surface area (Å²) in [6, 6.07) is 4.83. The van der Waals surface area contributed by atoms with E-state index in [1.54, 1.807) is 12.1 Å². The third kappa shape index (κ3) is 9.43. The van der Waals surface area contributed by atoms with Gasteiger partial charge in [0.2, 0.25) is 0 Å². The Hall–Kier alpha value is -2.06. The Kier molecular flexibility index (Phi) is 9.15. The molecule has 1 aromatic carbocycles. The Morgan fingerprint density at radius 1 is 1.19 bits per heavy atom. The molecule has 26 heavy (non-hydrogen) atoms. The van der Waals surface area contributed by atoms with Gasteiger partial charge in [-0.05, 0) is 32.8 Å². The number of benzene rings is 1. The second kappa shape index (κ2) is 10.8. The highest BCUT2D eigenvalue weighted by Gasteiger charge is 2.25. The fraction of sp³-hybridized carbons (Fsp3) is 0.588. The largest absolute Gasteiger partial charge is 0.434 e. The van der Waals surface area contributed by atoms with Crippen LogP contribution in [0.2, 0.25) is 0 Å². The molecule has 0 saturated heterocycles. The van der Waals surface area contributed by atoms with Crippen molar-refractivity contribution in [2.75, 3.05) is 13.1 Å². The SMILES string of the molecule is CCNC(=NCc1cc(C)ccc1OC(F)F)NCCCCC(F)(F)F. The van der Waals surface area contributed by atoms with Gasteiger partial charge in [0.1, 0.15) is 5.75 Å². The summed E-state index contributed by atoms with van der Waals surface area (Å²) in [6.07, 6.45) is -4.60. The summed E-state index contributed by atoms with van der Waals surface area (Å²) < 4.78 is 65.8. The zero-order valence-electron chi connectivity index (χ0n) is 14.8. The second-order valence-electron chi connectivity index (χ2n) is 5.68. The van der Waals surface area contributed by atoms with Crippen LogP contribution in [0.15, 0.2) is 23.2 Å². The highest BCUT2D eigenvalue weighted by atomic mass is 19.4. The lowest BCUT2D eigenvalue weighted by Crippen LogP contribution is -2.37. The van der Waals surface area contributed by atoms with Gasteiger partial charge in [-0.1, -0.05) is 17.7 Å². The van der Waals surface area contributed by atoms with Crippen molar-refractivity contribution < 1.29 is 26.7 Å². The fourth-order valence-corrected chi connectivity index (χ4v) is 2.21. The van der Waals surface area contributed by atoms with Crippen LogP contribution in [0.5, 0.6) is 5.75 Å². The summed E-state index contributed by atoms with van der Waals surface area (Å²) >= 11 is 0. The minimum atomic E-state index is -4.15. The van der Waals surface area contributed by atoms with Crippen LogP contribution in [-0.2, 0) is 6.54 Å². The van der Waals surface area contributed by atoms with Crippen LogP contribution in [0.1, 0.15) is 37.3 Å². The van der Waals surface area contributed by atoms with Crippen LogP contribution >= 0.6 is 0 Å². The number of alkyl halides is 5. The molecule has 0 aliphatic carbocycles. The van der Waals surface area contributed by atoms with Crippen molar-refractivity contribution in [2.24, 2.45) is 4.99 Å². The van der Waals surface area contributed by atoms with Crippen molar-refractivity contribution in [2.45, 2.75) is 52.4 Å². The molecule has 0 fully saturated rings. The number of rotatable bonds is 9. The number of hydrogen-bond donors (Lipinski definition) is 2. The Morgan fingerprint density at radius 2 is 1.92 bits per heavy atom. The van der Waals surface area contributed by atoms with Crippen molar-refractivity contribution >= 4 is 5.96 Å². The molecule has 0 aromatic heterocycles. The molecule has 0 heterocycles. The lowest BCUT2D eigenvalue weighted by molar-refractivity contribution is -0.135. The Morgan fingerprint density at radius 3 is 2.54 bits per heavy atom. The van der Waals surface area contributed by atoms with Gasteiger partial charge in [-0.3, -0.25) is 0 Å². The van der Waals surface area contributed by atoms with E-state index in [9.17, 15) is 22.0 Å². The molecule has 2 N–H and O–H groups in total. The third-order valence-electron chi connectivity index (χ3n) is 3.36. The first kappa shape index (κ1) is 22.0. The standard InChI is InChI=1S/C17H24F5N3O/c1-3-23-16(24-9-5-4-8-17(20,21)22)25-11-13-10-12(2)6-7-14(13)26-15(18)19/h6-7,10,15H,3-5,8-9,11H2,1-2H3,(H2,23,24,25). The van der Waals surface area contributed by atoms with Crippen LogP contribution < -0.4 is 15.4 Å². The van der Waals surface area contributed by atoms with Crippen LogP contribution in [0, 0.1) is 6.92 Å². The molecule has 0 bridgehead atoms. The monoisotopic (exact) mass is 381 g/mol. The molecule has 0 spiro atoms. The summed E-state index contributed by atoms with van der Waals surface area (Å²) in [5, 5.41) is 5.90. The van der Waals surface area contributed by atoms with E-state index in [-0.39, 0.29) is 18.7 Å². The van der Waals surface area contributed by atoms with E-state index in [4.69, 9.17) is 0 Å². The summed E-state index contributed by atoms with van der Waals surface area (Å²) in [6.45, 7) is 1.73. The molecule has 0 atom stereocenters. The number of aryl methyl sites for hydroxylation is 1. The van der Waals surface area contributed by atoms with Gasteiger partial charge in [-0.15, -0.1) is 0 Å². The maximum Gasteiger partial charge on any atom is 0.389 e. The average Bonchev–Trinajstić information content (AvgIpc) is 2.53. The third-order valence-corrected chi connectivity index (χ3v) is 3.36. The van der Waals surface area contributed by atoms with Crippen LogP contribution in [0.3, 0.4) is 0 Å². The van der Waals surface area contributed by atoms with Gasteiger partial charge in [0.25, 0.3) is 0 Å². The van der Waals surface area contributed by atoms with E-state index < -0.39 is 19.2 Å². The first-order valence-electron chi connectivity index (χ1n) is 8.34. The molecular formula is C17H24F5N3O. The number of hydrogen-bond acceptors (Lipinski definition) is 2. The van der Waals surface area contributed by atoms with Gasteiger partial charge in [-0.2, -0.15) is 22.0 Å². The number of aliphatic imine (C=N–C) groups is 1. The van der Waals surface area contributed by atoms with Gasteiger partial charge >= 0.3 is 12.8 Å². The van der Waals surface area contributed by atoms with Crippen LogP contribution in [0.4, 0.5) is 22.0 Å². The summed E-state index contributed by atoms with van der Waals surface area (Å²) in [5.41, 5.74) is 1.38. The number of ether oxygens (including phenoxy) is 1. The van der Waals surface area contributed by atoms with Gasteiger partial charge in [-0.25, -0.2) is 4.99 Å². The molecule has 0 aliphatic heterocycles. The molecule has 148 valence electrons. The number of unbranched alkanes of at least 4 members (excludes halogenated alkanes) is 1. The molecule has 4 nitrogen and oxygen atoms in total. The predicted octanol–water partition coefficient (Wildman–Crippen LogP) is 4.38. The van der Waals surface area contributed by atoms with Crippen molar-refractivity contribution in [3.63, 3.8) is 0 Å². The topological polar surface area (TPSA) is 45.7 Å². The maximum atomic E-state index is 12.5. The van der Waals surface area contributed by atoms with Crippen molar-refractivity contribution in [1.29, 1.82) is 0 Å². The quantitative estimate of drug-likeness (QED) is 0.289. The molecule has 0 saturated carbocycles. The van der Waals surface area contributed by atoms with E-state index in [2.05, 4.69) is 20.4 Å². The van der Waals surface area contributed by atoms with Gasteiger partial charge in [0, 0.05) is 25.1 Å². The number of nitrogens with one attached hydrogen (secondary N) is 2. The summed E-state index contributed by atoms with van der Waals surface area (Å²) in [5.74, 6) is 0.458. The van der Waals surface area contributed by atoms with E-state index in [1.807, 2.05) is 13.8 Å². The zero-order chi connectivity index (χ0) is 19.6. The predicted molar refractivity (Wildman–Crippen MR) is 90.5 cm³/mol. The number of nitrogens with zero attached hydrogens (tertiary/aromatic N) is 1. The smallest absolute Gasteiger partial charge is 0.389 e. The summed E-state index contributed by atoms with van der Waals surface area (Å²) in [4.78, 5) is 4.29. The normalized spacial score (nSPS) is 12.4. The molecular weight excluding hydrogens is 357 g/mol. The van der Waals surface area contributed by atoms with E-state index in [1.165, 1.54) is 6.07 Å². The molecule has 0 radical (unpaired) electrons. The zero-order valence-corrected chi connectivity index (χ0v) is 14.8. The summed E-state index contributed by atoms with van der Waals surface area (Å²) in [7, 11) is 0.